The monoisotopic (exact) mass is 301 g/mol. The average Bonchev–Trinajstić information content (AvgIpc) is 3.05. The summed E-state index contributed by atoms with van der Waals surface area (Å²) in [5, 5.41) is 9.05. The van der Waals surface area contributed by atoms with Gasteiger partial charge in [0.15, 0.2) is 0 Å². The highest BCUT2D eigenvalue weighted by Crippen LogP contribution is 2.37. The highest BCUT2D eigenvalue weighted by molar-refractivity contribution is 5.80. The number of benzene rings is 1. The van der Waals surface area contributed by atoms with E-state index in [4.69, 9.17) is 5.11 Å². The van der Waals surface area contributed by atoms with Crippen LogP contribution >= 0.6 is 0 Å². The number of nitrogens with zero attached hydrogens (tertiary/aromatic N) is 1. The van der Waals surface area contributed by atoms with E-state index in [-0.39, 0.29) is 17.7 Å². The minimum absolute atomic E-state index is 0.0903. The topological polar surface area (TPSA) is 57.6 Å². The summed E-state index contributed by atoms with van der Waals surface area (Å²) in [6.07, 6.45) is 4.55. The van der Waals surface area contributed by atoms with Crippen LogP contribution in [0.2, 0.25) is 0 Å². The number of rotatable bonds is 3. The summed E-state index contributed by atoms with van der Waals surface area (Å²) in [6.45, 7) is 1.00. The molecule has 0 aromatic heterocycles. The molecule has 0 unspecified atom stereocenters. The summed E-state index contributed by atoms with van der Waals surface area (Å²) >= 11 is 0. The SMILES string of the molecule is O=C(O)[C@@H]1CCN(C(=O)C2CCC(c3ccccc3)CC2)C1. The van der Waals surface area contributed by atoms with E-state index >= 15 is 0 Å². The lowest BCUT2D eigenvalue weighted by Crippen LogP contribution is -2.36. The standard InChI is InChI=1S/C18H23NO3/c20-17(19-11-10-16(12-19)18(21)22)15-8-6-14(7-9-15)13-4-2-1-3-5-13/h1-5,14-16H,6-12H2,(H,21,22)/t14?,15?,16-/m1/s1. The second kappa shape index (κ2) is 6.51. The molecule has 0 radical (unpaired) electrons. The molecule has 3 rings (SSSR count). The maximum absolute atomic E-state index is 12.5. The molecule has 1 heterocycles. The molecule has 1 aliphatic carbocycles. The lowest BCUT2D eigenvalue weighted by Gasteiger charge is -2.30. The Kier molecular flexibility index (Phi) is 4.46. The van der Waals surface area contributed by atoms with E-state index < -0.39 is 5.97 Å². The molecule has 0 spiro atoms. The maximum atomic E-state index is 12.5. The largest absolute Gasteiger partial charge is 0.481 e. The van der Waals surface area contributed by atoms with Gasteiger partial charge in [-0.15, -0.1) is 0 Å². The van der Waals surface area contributed by atoms with Crippen molar-refractivity contribution in [3.63, 3.8) is 0 Å². The number of amides is 1. The number of hydrogen-bond donors (Lipinski definition) is 1. The predicted molar refractivity (Wildman–Crippen MR) is 83.5 cm³/mol. The van der Waals surface area contributed by atoms with Crippen LogP contribution in [0.4, 0.5) is 0 Å². The van der Waals surface area contributed by atoms with Crippen LogP contribution in [0.25, 0.3) is 0 Å². The molecular weight excluding hydrogens is 278 g/mol. The molecule has 1 saturated carbocycles. The fourth-order valence-electron chi connectivity index (χ4n) is 3.82. The Balaban J connectivity index is 1.53. The number of carbonyl (C=O) groups is 2. The van der Waals surface area contributed by atoms with Gasteiger partial charge in [-0.05, 0) is 43.6 Å². The molecule has 1 aromatic carbocycles. The highest BCUT2D eigenvalue weighted by Gasteiger charge is 2.35. The van der Waals surface area contributed by atoms with E-state index in [0.717, 1.165) is 25.7 Å². The Labute approximate surface area is 131 Å². The van der Waals surface area contributed by atoms with Gasteiger partial charge in [0.25, 0.3) is 0 Å². The Morgan fingerprint density at radius 3 is 2.23 bits per heavy atom. The number of carboxylic acids is 1. The van der Waals surface area contributed by atoms with Crippen LogP contribution in [0.5, 0.6) is 0 Å². The van der Waals surface area contributed by atoms with Crippen LogP contribution in [-0.2, 0) is 9.59 Å². The molecule has 22 heavy (non-hydrogen) atoms. The van der Waals surface area contributed by atoms with Gasteiger partial charge in [-0.1, -0.05) is 30.3 Å². The van der Waals surface area contributed by atoms with Crippen LogP contribution in [-0.4, -0.2) is 35.0 Å². The first-order chi connectivity index (χ1) is 10.6. The zero-order valence-corrected chi connectivity index (χ0v) is 12.8. The average molecular weight is 301 g/mol. The molecule has 1 aliphatic heterocycles. The number of hydrogen-bond acceptors (Lipinski definition) is 2. The molecule has 1 aromatic rings. The van der Waals surface area contributed by atoms with Gasteiger partial charge in [0.05, 0.1) is 5.92 Å². The van der Waals surface area contributed by atoms with E-state index in [1.165, 1.54) is 5.56 Å². The third-order valence-electron chi connectivity index (χ3n) is 5.20. The predicted octanol–water partition coefficient (Wildman–Crippen LogP) is 2.89. The molecule has 2 aliphatic rings. The van der Waals surface area contributed by atoms with Gasteiger partial charge in [0.1, 0.15) is 0 Å². The molecule has 0 bridgehead atoms. The third kappa shape index (κ3) is 3.16. The zero-order chi connectivity index (χ0) is 15.5. The number of aliphatic carboxylic acids is 1. The second-order valence-corrected chi connectivity index (χ2v) is 6.57. The molecule has 1 atom stereocenters. The van der Waals surface area contributed by atoms with Crippen molar-refractivity contribution in [2.24, 2.45) is 11.8 Å². The van der Waals surface area contributed by atoms with E-state index in [1.807, 2.05) is 6.07 Å². The Bertz CT molecular complexity index is 535. The van der Waals surface area contributed by atoms with E-state index in [1.54, 1.807) is 4.90 Å². The molecule has 1 amide bonds. The van der Waals surface area contributed by atoms with Crippen molar-refractivity contribution < 1.29 is 14.7 Å². The first kappa shape index (κ1) is 15.1. The fourth-order valence-corrected chi connectivity index (χ4v) is 3.82. The van der Waals surface area contributed by atoms with Crippen molar-refractivity contribution in [3.8, 4) is 0 Å². The molecule has 1 saturated heterocycles. The van der Waals surface area contributed by atoms with Crippen molar-refractivity contribution in [3.05, 3.63) is 35.9 Å². The molecule has 4 nitrogen and oxygen atoms in total. The van der Waals surface area contributed by atoms with Crippen LogP contribution < -0.4 is 0 Å². The minimum atomic E-state index is -0.775. The van der Waals surface area contributed by atoms with Gasteiger partial charge >= 0.3 is 5.97 Å². The summed E-state index contributed by atoms with van der Waals surface area (Å²) in [7, 11) is 0. The lowest BCUT2D eigenvalue weighted by molar-refractivity contribution is -0.141. The first-order valence-electron chi connectivity index (χ1n) is 8.21. The molecule has 2 fully saturated rings. The minimum Gasteiger partial charge on any atom is -0.481 e. The van der Waals surface area contributed by atoms with Gasteiger partial charge in [-0.2, -0.15) is 0 Å². The summed E-state index contributed by atoms with van der Waals surface area (Å²) in [4.78, 5) is 25.3. The number of likely N-dealkylation sites (tertiary alicyclic amines) is 1. The van der Waals surface area contributed by atoms with E-state index in [2.05, 4.69) is 24.3 Å². The fraction of sp³-hybridized carbons (Fsp3) is 0.556. The zero-order valence-electron chi connectivity index (χ0n) is 12.8. The normalized spacial score (nSPS) is 28.5. The van der Waals surface area contributed by atoms with Gasteiger partial charge in [-0.25, -0.2) is 0 Å². The Hall–Kier alpha value is -1.84. The van der Waals surface area contributed by atoms with Gasteiger partial charge < -0.3 is 10.0 Å². The van der Waals surface area contributed by atoms with Gasteiger partial charge in [-0.3, -0.25) is 9.59 Å². The quantitative estimate of drug-likeness (QED) is 0.934. The van der Waals surface area contributed by atoms with Crippen molar-refractivity contribution >= 4 is 11.9 Å². The van der Waals surface area contributed by atoms with E-state index in [9.17, 15) is 9.59 Å². The summed E-state index contributed by atoms with van der Waals surface area (Å²) in [6, 6.07) is 10.5. The summed E-state index contributed by atoms with van der Waals surface area (Å²) < 4.78 is 0. The molecule has 1 N–H and O–H groups in total. The lowest BCUT2D eigenvalue weighted by atomic mass is 9.78. The molecule has 118 valence electrons. The van der Waals surface area contributed by atoms with Crippen molar-refractivity contribution in [2.75, 3.05) is 13.1 Å². The third-order valence-corrected chi connectivity index (χ3v) is 5.20. The summed E-state index contributed by atoms with van der Waals surface area (Å²) in [5.74, 6) is -0.314. The highest BCUT2D eigenvalue weighted by atomic mass is 16.4. The smallest absolute Gasteiger partial charge is 0.308 e. The van der Waals surface area contributed by atoms with Crippen molar-refractivity contribution in [2.45, 2.75) is 38.0 Å². The van der Waals surface area contributed by atoms with Crippen LogP contribution in [0, 0.1) is 11.8 Å². The number of carbonyl (C=O) groups excluding carboxylic acids is 1. The molecular formula is C18H23NO3. The van der Waals surface area contributed by atoms with Crippen LogP contribution in [0.3, 0.4) is 0 Å². The maximum Gasteiger partial charge on any atom is 0.308 e. The van der Waals surface area contributed by atoms with Crippen LogP contribution in [0.1, 0.15) is 43.6 Å². The van der Waals surface area contributed by atoms with Crippen molar-refractivity contribution in [1.29, 1.82) is 0 Å². The summed E-state index contributed by atoms with van der Waals surface area (Å²) in [5.41, 5.74) is 1.38. The van der Waals surface area contributed by atoms with Crippen LogP contribution in [0.15, 0.2) is 30.3 Å². The number of carboxylic acid groups (broad SMARTS) is 1. The molecule has 4 heteroatoms. The van der Waals surface area contributed by atoms with E-state index in [0.29, 0.717) is 25.4 Å². The Morgan fingerprint density at radius 2 is 1.64 bits per heavy atom. The van der Waals surface area contributed by atoms with Gasteiger partial charge in [0, 0.05) is 19.0 Å². The second-order valence-electron chi connectivity index (χ2n) is 6.57. The van der Waals surface area contributed by atoms with Gasteiger partial charge in [0.2, 0.25) is 5.91 Å². The van der Waals surface area contributed by atoms with Crippen molar-refractivity contribution in [1.82, 2.24) is 4.90 Å². The first-order valence-corrected chi connectivity index (χ1v) is 8.21. The Morgan fingerprint density at radius 1 is 0.955 bits per heavy atom.